The molecule has 0 spiro atoms. The monoisotopic (exact) mass is 677 g/mol. The third kappa shape index (κ3) is 6.36. The zero-order valence-electron chi connectivity index (χ0n) is 23.2. The molecular formula is C30H28BrClF3N5O3. The molecule has 1 fully saturated rings. The molecule has 1 heterocycles. The Morgan fingerprint density at radius 3 is 2.42 bits per heavy atom. The van der Waals surface area contributed by atoms with Crippen molar-refractivity contribution in [3.05, 3.63) is 75.2 Å². The number of aromatic carboxylic acids is 1. The summed E-state index contributed by atoms with van der Waals surface area (Å²) in [6, 6.07) is 15.5. The molecule has 8 nitrogen and oxygen atoms in total. The van der Waals surface area contributed by atoms with Gasteiger partial charge in [-0.15, -0.1) is 0 Å². The third-order valence-electron chi connectivity index (χ3n) is 7.48. The Balaban J connectivity index is 1.55. The molecule has 1 aliphatic carbocycles. The summed E-state index contributed by atoms with van der Waals surface area (Å²) in [7, 11) is 3.86. The quantitative estimate of drug-likeness (QED) is 0.166. The van der Waals surface area contributed by atoms with Gasteiger partial charge in [-0.3, -0.25) is 4.79 Å². The number of alkyl halides is 3. The maximum atomic E-state index is 13.5. The number of carboxylic acids is 1. The van der Waals surface area contributed by atoms with Gasteiger partial charge in [-0.25, -0.2) is 9.78 Å². The fourth-order valence-electron chi connectivity index (χ4n) is 4.84. The number of nitrogens with zero attached hydrogens (tertiary/aromatic N) is 3. The number of amides is 1. The van der Waals surface area contributed by atoms with E-state index in [1.165, 1.54) is 12.1 Å². The zero-order valence-corrected chi connectivity index (χ0v) is 25.6. The molecule has 0 saturated heterocycles. The van der Waals surface area contributed by atoms with Crippen LogP contribution < -0.4 is 10.6 Å². The molecule has 1 aromatic heterocycles. The lowest BCUT2D eigenvalue weighted by atomic mass is 10.0. The normalized spacial score (nSPS) is 14.2. The molecule has 0 atom stereocenters. The number of carboxylic acid groups (broad SMARTS) is 1. The van der Waals surface area contributed by atoms with E-state index in [1.54, 1.807) is 18.2 Å². The second kappa shape index (κ2) is 11.8. The molecule has 5 rings (SSSR count). The molecule has 0 bridgehead atoms. The van der Waals surface area contributed by atoms with Crippen LogP contribution in [0.2, 0.25) is 5.02 Å². The SMILES string of the molecule is CN(C)CCn1c(Nc2cc(CNC(=O)C3(C(F)(F)F)CC3)cc(-c3ccc(Br)cc3)c2Cl)nc2cc(C(=O)O)ccc21. The van der Waals surface area contributed by atoms with Crippen molar-refractivity contribution in [1.82, 2.24) is 19.8 Å². The Hall–Kier alpha value is -3.61. The maximum Gasteiger partial charge on any atom is 0.403 e. The smallest absolute Gasteiger partial charge is 0.403 e. The average molecular weight is 679 g/mol. The number of hydrogen-bond acceptors (Lipinski definition) is 5. The lowest BCUT2D eigenvalue weighted by molar-refractivity contribution is -0.192. The van der Waals surface area contributed by atoms with Gasteiger partial charge in [-0.1, -0.05) is 39.7 Å². The number of likely N-dealkylation sites (N-methyl/N-ethyl adjacent to an activating group) is 1. The van der Waals surface area contributed by atoms with Crippen LogP contribution in [0.3, 0.4) is 0 Å². The number of nitrogens with one attached hydrogen (secondary N) is 2. The number of anilines is 2. The molecule has 1 amide bonds. The standard InChI is InChI=1S/C30H28BrClF3N5O3/c1-39(2)11-12-40-24-8-5-19(26(41)42)15-22(24)37-28(40)38-23-14-17(16-36-27(43)29(9-10-29)30(33,34)35)13-21(25(23)32)18-3-6-20(31)7-4-18/h3-8,13-15H,9-12,16H2,1-2H3,(H,36,43)(H,37,38)(H,41,42). The van der Waals surface area contributed by atoms with Gasteiger partial charge >= 0.3 is 12.1 Å². The van der Waals surface area contributed by atoms with E-state index in [4.69, 9.17) is 11.6 Å². The number of aromatic nitrogens is 2. The highest BCUT2D eigenvalue weighted by Crippen LogP contribution is 2.57. The Labute approximate surface area is 259 Å². The second-order valence-corrected chi connectivity index (χ2v) is 12.1. The first kappa shape index (κ1) is 30.8. The summed E-state index contributed by atoms with van der Waals surface area (Å²) in [5.41, 5.74) is 1.25. The lowest BCUT2D eigenvalue weighted by Crippen LogP contribution is -2.40. The summed E-state index contributed by atoms with van der Waals surface area (Å²) in [6.45, 7) is 1.03. The highest BCUT2D eigenvalue weighted by molar-refractivity contribution is 9.10. The van der Waals surface area contributed by atoms with Crippen molar-refractivity contribution in [2.75, 3.05) is 26.0 Å². The van der Waals surface area contributed by atoms with E-state index >= 15 is 0 Å². The van der Waals surface area contributed by atoms with Crippen molar-refractivity contribution in [2.24, 2.45) is 5.41 Å². The van der Waals surface area contributed by atoms with Gasteiger partial charge in [0.05, 0.1) is 27.3 Å². The Morgan fingerprint density at radius 2 is 1.81 bits per heavy atom. The first-order valence-electron chi connectivity index (χ1n) is 13.4. The average Bonchev–Trinajstić information content (AvgIpc) is 3.70. The number of benzene rings is 3. The molecule has 226 valence electrons. The van der Waals surface area contributed by atoms with E-state index in [9.17, 15) is 27.9 Å². The third-order valence-corrected chi connectivity index (χ3v) is 8.42. The molecule has 0 aliphatic heterocycles. The summed E-state index contributed by atoms with van der Waals surface area (Å²) >= 11 is 10.3. The van der Waals surface area contributed by atoms with Crippen LogP contribution >= 0.6 is 27.5 Å². The second-order valence-electron chi connectivity index (χ2n) is 10.8. The Kier molecular flexibility index (Phi) is 8.47. The van der Waals surface area contributed by atoms with Gasteiger partial charge in [0.25, 0.3) is 0 Å². The van der Waals surface area contributed by atoms with Gasteiger partial charge in [0.2, 0.25) is 11.9 Å². The molecule has 3 aromatic carbocycles. The fraction of sp³-hybridized carbons (Fsp3) is 0.300. The van der Waals surface area contributed by atoms with Gasteiger partial charge in [0.15, 0.2) is 0 Å². The number of carbonyl (C=O) groups is 2. The number of rotatable bonds is 10. The van der Waals surface area contributed by atoms with Crippen LogP contribution in [-0.4, -0.2) is 58.3 Å². The van der Waals surface area contributed by atoms with Crippen LogP contribution in [0.25, 0.3) is 22.2 Å². The molecule has 43 heavy (non-hydrogen) atoms. The van der Waals surface area contributed by atoms with Crippen LogP contribution in [0, 0.1) is 5.41 Å². The molecule has 3 N–H and O–H groups in total. The maximum absolute atomic E-state index is 13.5. The molecule has 13 heteroatoms. The van der Waals surface area contributed by atoms with Crippen molar-refractivity contribution in [3.8, 4) is 11.1 Å². The number of imidazole rings is 1. The topological polar surface area (TPSA) is 99.5 Å². The highest BCUT2D eigenvalue weighted by atomic mass is 79.9. The summed E-state index contributed by atoms with van der Waals surface area (Å²) in [6.07, 6.45) is -5.07. The minimum absolute atomic E-state index is 0.0943. The zero-order chi connectivity index (χ0) is 31.1. The molecule has 4 aromatic rings. The Morgan fingerprint density at radius 1 is 1.12 bits per heavy atom. The van der Waals surface area contributed by atoms with Crippen molar-refractivity contribution in [3.63, 3.8) is 0 Å². The molecule has 0 radical (unpaired) electrons. The van der Waals surface area contributed by atoms with E-state index in [0.717, 1.165) is 10.0 Å². The minimum Gasteiger partial charge on any atom is -0.478 e. The number of hydrogen-bond donors (Lipinski definition) is 3. The van der Waals surface area contributed by atoms with E-state index in [1.807, 2.05) is 47.8 Å². The first-order valence-corrected chi connectivity index (χ1v) is 14.5. The molecule has 1 saturated carbocycles. The predicted molar refractivity (Wildman–Crippen MR) is 163 cm³/mol. The molecular weight excluding hydrogens is 651 g/mol. The van der Waals surface area contributed by atoms with Gasteiger partial charge in [0.1, 0.15) is 5.41 Å². The van der Waals surface area contributed by atoms with Crippen molar-refractivity contribution < 1.29 is 27.9 Å². The fourth-order valence-corrected chi connectivity index (χ4v) is 5.37. The van der Waals surface area contributed by atoms with Gasteiger partial charge in [-0.05, 0) is 80.5 Å². The van der Waals surface area contributed by atoms with Crippen LogP contribution in [0.4, 0.5) is 24.8 Å². The summed E-state index contributed by atoms with van der Waals surface area (Å²) in [5, 5.41) is 15.6. The van der Waals surface area contributed by atoms with Gasteiger partial charge in [-0.2, -0.15) is 13.2 Å². The number of carbonyl (C=O) groups excluding carboxylic acids is 1. The van der Waals surface area contributed by atoms with Crippen molar-refractivity contribution in [2.45, 2.75) is 32.1 Å². The van der Waals surface area contributed by atoms with E-state index in [-0.39, 0.29) is 24.9 Å². The van der Waals surface area contributed by atoms with Crippen molar-refractivity contribution >= 4 is 62.1 Å². The molecule has 1 aliphatic rings. The Bertz CT molecular complexity index is 1700. The minimum atomic E-state index is -4.61. The van der Waals surface area contributed by atoms with Gasteiger partial charge in [0, 0.05) is 29.7 Å². The summed E-state index contributed by atoms with van der Waals surface area (Å²) in [4.78, 5) is 30.8. The largest absolute Gasteiger partial charge is 0.478 e. The predicted octanol–water partition coefficient (Wildman–Crippen LogP) is 7.08. The first-order chi connectivity index (χ1) is 20.3. The summed E-state index contributed by atoms with van der Waals surface area (Å²) < 4.78 is 43.3. The number of halogens is 5. The molecule has 0 unspecified atom stereocenters. The van der Waals surface area contributed by atoms with Crippen LogP contribution in [0.1, 0.15) is 28.8 Å². The van der Waals surface area contributed by atoms with E-state index in [0.29, 0.717) is 51.9 Å². The van der Waals surface area contributed by atoms with Crippen LogP contribution in [0.15, 0.2) is 59.1 Å². The van der Waals surface area contributed by atoms with E-state index < -0.39 is 23.5 Å². The van der Waals surface area contributed by atoms with Crippen LogP contribution in [0.5, 0.6) is 0 Å². The van der Waals surface area contributed by atoms with Crippen molar-refractivity contribution in [1.29, 1.82) is 0 Å². The van der Waals surface area contributed by atoms with Crippen LogP contribution in [-0.2, 0) is 17.9 Å². The lowest BCUT2D eigenvalue weighted by Gasteiger charge is -2.20. The number of fused-ring (bicyclic) bond motifs is 1. The van der Waals surface area contributed by atoms with Gasteiger partial charge < -0.3 is 25.2 Å². The summed E-state index contributed by atoms with van der Waals surface area (Å²) in [5.74, 6) is -1.72. The highest BCUT2D eigenvalue weighted by Gasteiger charge is 2.68. The van der Waals surface area contributed by atoms with E-state index in [2.05, 4.69) is 31.5 Å².